The van der Waals surface area contributed by atoms with Crippen LogP contribution in [0, 0.1) is 11.3 Å². The van der Waals surface area contributed by atoms with Crippen LogP contribution in [0.15, 0.2) is 29.6 Å². The van der Waals surface area contributed by atoms with Gasteiger partial charge in [-0.3, -0.25) is 14.5 Å². The van der Waals surface area contributed by atoms with Crippen molar-refractivity contribution in [1.29, 1.82) is 5.26 Å². The lowest BCUT2D eigenvalue weighted by atomic mass is 10.1. The molecular formula is C18H20N4O2S. The van der Waals surface area contributed by atoms with Crippen molar-refractivity contribution < 1.29 is 9.59 Å². The average molecular weight is 356 g/mol. The van der Waals surface area contributed by atoms with Crippen molar-refractivity contribution in [2.24, 2.45) is 0 Å². The summed E-state index contributed by atoms with van der Waals surface area (Å²) in [5, 5.41) is 11.0. The third kappa shape index (κ3) is 4.03. The summed E-state index contributed by atoms with van der Waals surface area (Å²) in [6.45, 7) is 5.82. The highest BCUT2D eigenvalue weighted by Gasteiger charge is 2.26. The molecule has 130 valence electrons. The van der Waals surface area contributed by atoms with E-state index in [9.17, 15) is 9.59 Å². The summed E-state index contributed by atoms with van der Waals surface area (Å²) in [6.07, 6.45) is 0. The SMILES string of the molecule is CN(C(=O)c1cccc(C#N)c1)c1nc(C(=O)N(C)C(C)(C)C)cs1. The Kier molecular flexibility index (Phi) is 5.24. The molecule has 2 aromatic rings. The first kappa shape index (κ1) is 18.6. The van der Waals surface area contributed by atoms with Crippen LogP contribution in [-0.2, 0) is 0 Å². The van der Waals surface area contributed by atoms with Crippen LogP contribution in [-0.4, -0.2) is 41.3 Å². The van der Waals surface area contributed by atoms with Gasteiger partial charge in [0.2, 0.25) is 0 Å². The minimum Gasteiger partial charge on any atom is -0.336 e. The van der Waals surface area contributed by atoms with E-state index in [4.69, 9.17) is 5.26 Å². The first-order chi connectivity index (χ1) is 11.6. The average Bonchev–Trinajstić information content (AvgIpc) is 3.08. The number of hydrogen-bond acceptors (Lipinski definition) is 5. The van der Waals surface area contributed by atoms with Gasteiger partial charge >= 0.3 is 0 Å². The van der Waals surface area contributed by atoms with Gasteiger partial charge in [-0.15, -0.1) is 11.3 Å². The summed E-state index contributed by atoms with van der Waals surface area (Å²) < 4.78 is 0. The molecular weight excluding hydrogens is 336 g/mol. The lowest BCUT2D eigenvalue weighted by molar-refractivity contribution is 0.0650. The highest BCUT2D eigenvalue weighted by molar-refractivity contribution is 7.14. The Labute approximate surface area is 151 Å². The third-order valence-electron chi connectivity index (χ3n) is 3.85. The van der Waals surface area contributed by atoms with Crippen LogP contribution in [0.5, 0.6) is 0 Å². The Morgan fingerprint density at radius 3 is 2.48 bits per heavy atom. The maximum absolute atomic E-state index is 12.6. The number of hydrogen-bond donors (Lipinski definition) is 0. The molecule has 0 N–H and O–H groups in total. The second-order valence-corrected chi connectivity index (χ2v) is 7.44. The molecule has 1 heterocycles. The van der Waals surface area contributed by atoms with Gasteiger partial charge in [-0.2, -0.15) is 5.26 Å². The molecule has 2 rings (SSSR count). The zero-order chi connectivity index (χ0) is 18.8. The van der Waals surface area contributed by atoms with Gasteiger partial charge in [-0.1, -0.05) is 6.07 Å². The van der Waals surface area contributed by atoms with E-state index in [0.29, 0.717) is 22.0 Å². The molecule has 25 heavy (non-hydrogen) atoms. The van der Waals surface area contributed by atoms with E-state index in [0.717, 1.165) is 0 Å². The van der Waals surface area contributed by atoms with Gasteiger partial charge in [0.25, 0.3) is 11.8 Å². The maximum atomic E-state index is 12.6. The smallest absolute Gasteiger partial charge is 0.273 e. The van der Waals surface area contributed by atoms with Crippen LogP contribution in [0.2, 0.25) is 0 Å². The molecule has 0 fully saturated rings. The van der Waals surface area contributed by atoms with Crippen LogP contribution in [0.4, 0.5) is 5.13 Å². The number of thiazole rings is 1. The second-order valence-electron chi connectivity index (χ2n) is 6.61. The van der Waals surface area contributed by atoms with E-state index in [1.807, 2.05) is 26.8 Å². The molecule has 0 spiro atoms. The molecule has 0 unspecified atom stereocenters. The van der Waals surface area contributed by atoms with Gasteiger partial charge < -0.3 is 4.90 Å². The first-order valence-corrected chi connectivity index (χ1v) is 8.55. The fourth-order valence-corrected chi connectivity index (χ4v) is 2.76. The largest absolute Gasteiger partial charge is 0.336 e. The summed E-state index contributed by atoms with van der Waals surface area (Å²) in [5.74, 6) is -0.475. The minimum atomic E-state index is -0.319. The van der Waals surface area contributed by atoms with Crippen LogP contribution < -0.4 is 4.90 Å². The zero-order valence-corrected chi connectivity index (χ0v) is 15.7. The van der Waals surface area contributed by atoms with Gasteiger partial charge in [0.05, 0.1) is 11.6 Å². The molecule has 0 atom stereocenters. The molecule has 0 saturated heterocycles. The Morgan fingerprint density at radius 1 is 1.20 bits per heavy atom. The number of benzene rings is 1. The molecule has 0 aliphatic heterocycles. The van der Waals surface area contributed by atoms with Crippen molar-refractivity contribution in [1.82, 2.24) is 9.88 Å². The van der Waals surface area contributed by atoms with E-state index in [2.05, 4.69) is 4.98 Å². The number of carbonyl (C=O) groups is 2. The number of nitriles is 1. The van der Waals surface area contributed by atoms with Crippen molar-refractivity contribution in [3.05, 3.63) is 46.5 Å². The normalized spacial score (nSPS) is 10.9. The zero-order valence-electron chi connectivity index (χ0n) is 14.9. The number of anilines is 1. The predicted octanol–water partition coefficient (Wildman–Crippen LogP) is 3.16. The summed E-state index contributed by atoms with van der Waals surface area (Å²) in [6, 6.07) is 8.49. The summed E-state index contributed by atoms with van der Waals surface area (Å²) in [7, 11) is 3.32. The Hall–Kier alpha value is -2.72. The molecule has 1 aromatic heterocycles. The quantitative estimate of drug-likeness (QED) is 0.846. The lowest BCUT2D eigenvalue weighted by Crippen LogP contribution is -2.42. The van der Waals surface area contributed by atoms with Crippen LogP contribution in [0.1, 0.15) is 47.2 Å². The monoisotopic (exact) mass is 356 g/mol. The van der Waals surface area contributed by atoms with E-state index in [1.54, 1.807) is 42.6 Å². The molecule has 1 aromatic carbocycles. The fraction of sp³-hybridized carbons (Fsp3) is 0.333. The van der Waals surface area contributed by atoms with Gasteiger partial charge in [0.15, 0.2) is 5.13 Å². The standard InChI is InChI=1S/C18H20N4O2S/c1-18(2,3)22(5)16(24)14-11-25-17(20-14)21(4)15(23)13-8-6-7-12(9-13)10-19/h6-9,11H,1-5H3. The van der Waals surface area contributed by atoms with Gasteiger partial charge in [-0.05, 0) is 39.0 Å². The molecule has 0 aliphatic rings. The summed E-state index contributed by atoms with van der Waals surface area (Å²) in [5.41, 5.74) is 0.806. The number of aromatic nitrogens is 1. The van der Waals surface area contributed by atoms with E-state index >= 15 is 0 Å². The molecule has 6 nitrogen and oxygen atoms in total. The number of rotatable bonds is 3. The highest BCUT2D eigenvalue weighted by atomic mass is 32.1. The van der Waals surface area contributed by atoms with Crippen LogP contribution in [0.25, 0.3) is 0 Å². The van der Waals surface area contributed by atoms with Gasteiger partial charge in [0, 0.05) is 30.6 Å². The van der Waals surface area contributed by atoms with Crippen LogP contribution >= 0.6 is 11.3 Å². The highest BCUT2D eigenvalue weighted by Crippen LogP contribution is 2.23. The Bertz CT molecular complexity index is 845. The van der Waals surface area contributed by atoms with Crippen molar-refractivity contribution >= 4 is 28.3 Å². The molecule has 0 saturated carbocycles. The molecule has 0 bridgehead atoms. The number of nitrogens with zero attached hydrogens (tertiary/aromatic N) is 4. The Balaban J connectivity index is 2.22. The lowest BCUT2D eigenvalue weighted by Gasteiger charge is -2.31. The third-order valence-corrected chi connectivity index (χ3v) is 4.77. The summed E-state index contributed by atoms with van der Waals surface area (Å²) in [4.78, 5) is 32.4. The topological polar surface area (TPSA) is 77.3 Å². The fourth-order valence-electron chi connectivity index (χ4n) is 2.00. The maximum Gasteiger partial charge on any atom is 0.273 e. The Morgan fingerprint density at radius 2 is 1.88 bits per heavy atom. The van der Waals surface area contributed by atoms with Crippen molar-refractivity contribution in [2.45, 2.75) is 26.3 Å². The van der Waals surface area contributed by atoms with Crippen LogP contribution in [0.3, 0.4) is 0 Å². The molecule has 7 heteroatoms. The van der Waals surface area contributed by atoms with Gasteiger partial charge in [0.1, 0.15) is 5.69 Å². The van der Waals surface area contributed by atoms with E-state index in [1.165, 1.54) is 22.3 Å². The minimum absolute atomic E-state index is 0.192. The van der Waals surface area contributed by atoms with Crippen molar-refractivity contribution in [3.63, 3.8) is 0 Å². The molecule has 0 aliphatic carbocycles. The number of carbonyl (C=O) groups excluding carboxylic acids is 2. The molecule has 2 amide bonds. The summed E-state index contributed by atoms with van der Waals surface area (Å²) >= 11 is 1.23. The van der Waals surface area contributed by atoms with Crippen molar-refractivity contribution in [2.75, 3.05) is 19.0 Å². The predicted molar refractivity (Wildman–Crippen MR) is 97.9 cm³/mol. The van der Waals surface area contributed by atoms with E-state index in [-0.39, 0.29) is 17.4 Å². The van der Waals surface area contributed by atoms with E-state index < -0.39 is 0 Å². The van der Waals surface area contributed by atoms with Crippen molar-refractivity contribution in [3.8, 4) is 6.07 Å². The number of amides is 2. The second kappa shape index (κ2) is 7.03. The van der Waals surface area contributed by atoms with Gasteiger partial charge in [-0.25, -0.2) is 4.98 Å². The first-order valence-electron chi connectivity index (χ1n) is 7.67. The molecule has 0 radical (unpaired) electrons.